The summed E-state index contributed by atoms with van der Waals surface area (Å²) < 4.78 is 0. The zero-order valence-corrected chi connectivity index (χ0v) is 11.2. The molecule has 0 aliphatic carbocycles. The fraction of sp³-hybridized carbons (Fsp3) is 0.533. The molecule has 0 saturated carbocycles. The lowest BCUT2D eigenvalue weighted by molar-refractivity contribution is 0.1000. The lowest BCUT2D eigenvalue weighted by Crippen LogP contribution is -2.37. The van der Waals surface area contributed by atoms with Gasteiger partial charge in [-0.1, -0.05) is 12.1 Å². The molecule has 2 rings (SSSR count). The van der Waals surface area contributed by atoms with E-state index >= 15 is 0 Å². The van der Waals surface area contributed by atoms with Crippen LogP contribution in [-0.4, -0.2) is 29.9 Å². The van der Waals surface area contributed by atoms with Gasteiger partial charge in [0.2, 0.25) is 5.91 Å². The number of nitrogens with zero attached hydrogens (tertiary/aromatic N) is 1. The number of benzene rings is 1. The van der Waals surface area contributed by atoms with E-state index < -0.39 is 0 Å². The molecule has 1 aliphatic rings. The zero-order chi connectivity index (χ0) is 13.1. The standard InChI is InChI=1S/C15H22N2O/c1-11(2)17-9-7-13(8-10-17)12-3-5-14(6-4-12)15(16)18/h3-6,11,13H,7-10H2,1-2H3,(H2,16,18). The van der Waals surface area contributed by atoms with Gasteiger partial charge in [0.15, 0.2) is 0 Å². The highest BCUT2D eigenvalue weighted by molar-refractivity contribution is 5.92. The Morgan fingerprint density at radius 2 is 1.78 bits per heavy atom. The van der Waals surface area contributed by atoms with Crippen molar-refractivity contribution >= 4 is 5.91 Å². The van der Waals surface area contributed by atoms with Gasteiger partial charge in [-0.25, -0.2) is 0 Å². The molecule has 0 radical (unpaired) electrons. The molecule has 0 bridgehead atoms. The lowest BCUT2D eigenvalue weighted by atomic mass is 9.88. The summed E-state index contributed by atoms with van der Waals surface area (Å²) in [5.41, 5.74) is 7.18. The molecular weight excluding hydrogens is 224 g/mol. The van der Waals surface area contributed by atoms with E-state index in [4.69, 9.17) is 5.73 Å². The third kappa shape index (κ3) is 2.91. The van der Waals surface area contributed by atoms with Crippen LogP contribution in [0.3, 0.4) is 0 Å². The van der Waals surface area contributed by atoms with Crippen LogP contribution in [0.1, 0.15) is 48.5 Å². The Balaban J connectivity index is 1.99. The van der Waals surface area contributed by atoms with Gasteiger partial charge in [-0.05, 0) is 63.4 Å². The monoisotopic (exact) mass is 246 g/mol. The quantitative estimate of drug-likeness (QED) is 0.890. The molecule has 1 aliphatic heterocycles. The Bertz CT molecular complexity index is 403. The van der Waals surface area contributed by atoms with E-state index in [1.807, 2.05) is 12.1 Å². The number of likely N-dealkylation sites (tertiary alicyclic amines) is 1. The van der Waals surface area contributed by atoms with E-state index in [0.29, 0.717) is 17.5 Å². The number of hydrogen-bond donors (Lipinski definition) is 1. The molecule has 98 valence electrons. The van der Waals surface area contributed by atoms with Crippen LogP contribution in [0, 0.1) is 0 Å². The van der Waals surface area contributed by atoms with E-state index in [2.05, 4.69) is 30.9 Å². The number of amides is 1. The molecule has 1 aromatic rings. The summed E-state index contributed by atoms with van der Waals surface area (Å²) in [5, 5.41) is 0. The van der Waals surface area contributed by atoms with Crippen molar-refractivity contribution in [1.29, 1.82) is 0 Å². The van der Waals surface area contributed by atoms with Crippen molar-refractivity contribution in [2.75, 3.05) is 13.1 Å². The Morgan fingerprint density at radius 3 is 2.22 bits per heavy atom. The van der Waals surface area contributed by atoms with E-state index in [9.17, 15) is 4.79 Å². The molecule has 0 atom stereocenters. The van der Waals surface area contributed by atoms with E-state index in [0.717, 1.165) is 0 Å². The highest BCUT2D eigenvalue weighted by Crippen LogP contribution is 2.28. The third-order valence-electron chi connectivity index (χ3n) is 3.93. The van der Waals surface area contributed by atoms with Crippen LogP contribution in [0.5, 0.6) is 0 Å². The topological polar surface area (TPSA) is 46.3 Å². The molecule has 0 spiro atoms. The second-order valence-electron chi connectivity index (χ2n) is 5.39. The molecule has 3 heteroatoms. The largest absolute Gasteiger partial charge is 0.366 e. The fourth-order valence-corrected chi connectivity index (χ4v) is 2.67. The predicted octanol–water partition coefficient (Wildman–Crippen LogP) is 2.37. The SMILES string of the molecule is CC(C)N1CCC(c2ccc(C(N)=O)cc2)CC1. The van der Waals surface area contributed by atoms with Crippen LogP contribution in [0.25, 0.3) is 0 Å². The van der Waals surface area contributed by atoms with Crippen molar-refractivity contribution in [3.8, 4) is 0 Å². The number of nitrogens with two attached hydrogens (primary N) is 1. The van der Waals surface area contributed by atoms with Gasteiger partial charge in [0, 0.05) is 11.6 Å². The second-order valence-corrected chi connectivity index (χ2v) is 5.39. The maximum atomic E-state index is 11.0. The maximum Gasteiger partial charge on any atom is 0.248 e. The maximum absolute atomic E-state index is 11.0. The highest BCUT2D eigenvalue weighted by atomic mass is 16.1. The van der Waals surface area contributed by atoms with Crippen LogP contribution in [0.15, 0.2) is 24.3 Å². The Kier molecular flexibility index (Phi) is 4.02. The van der Waals surface area contributed by atoms with Gasteiger partial charge in [0.1, 0.15) is 0 Å². The summed E-state index contributed by atoms with van der Waals surface area (Å²) >= 11 is 0. The molecule has 1 fully saturated rings. The summed E-state index contributed by atoms with van der Waals surface area (Å²) in [7, 11) is 0. The molecule has 2 N–H and O–H groups in total. The molecule has 1 saturated heterocycles. The van der Waals surface area contributed by atoms with E-state index in [1.165, 1.54) is 31.5 Å². The molecule has 1 heterocycles. The van der Waals surface area contributed by atoms with Gasteiger partial charge in [-0.3, -0.25) is 4.79 Å². The highest BCUT2D eigenvalue weighted by Gasteiger charge is 2.21. The molecule has 0 unspecified atom stereocenters. The summed E-state index contributed by atoms with van der Waals surface area (Å²) in [4.78, 5) is 13.5. The predicted molar refractivity (Wildman–Crippen MR) is 73.6 cm³/mol. The summed E-state index contributed by atoms with van der Waals surface area (Å²) in [6.45, 7) is 6.84. The average Bonchev–Trinajstić information content (AvgIpc) is 2.39. The van der Waals surface area contributed by atoms with Crippen molar-refractivity contribution in [3.05, 3.63) is 35.4 Å². The smallest absolute Gasteiger partial charge is 0.248 e. The van der Waals surface area contributed by atoms with Crippen molar-refractivity contribution in [2.45, 2.75) is 38.6 Å². The van der Waals surface area contributed by atoms with Crippen LogP contribution in [0.2, 0.25) is 0 Å². The summed E-state index contributed by atoms with van der Waals surface area (Å²) in [6, 6.07) is 8.42. The van der Waals surface area contributed by atoms with Gasteiger partial charge in [0.25, 0.3) is 0 Å². The number of piperidine rings is 1. The van der Waals surface area contributed by atoms with E-state index in [-0.39, 0.29) is 5.91 Å². The normalized spacial score (nSPS) is 18.2. The summed E-state index contributed by atoms with van der Waals surface area (Å²) in [6.07, 6.45) is 2.40. The zero-order valence-electron chi connectivity index (χ0n) is 11.2. The number of primary amides is 1. The second kappa shape index (κ2) is 5.53. The van der Waals surface area contributed by atoms with Gasteiger partial charge < -0.3 is 10.6 Å². The van der Waals surface area contributed by atoms with E-state index in [1.54, 1.807) is 0 Å². The number of hydrogen-bond acceptors (Lipinski definition) is 2. The fourth-order valence-electron chi connectivity index (χ4n) is 2.67. The van der Waals surface area contributed by atoms with Crippen molar-refractivity contribution in [2.24, 2.45) is 5.73 Å². The molecule has 0 aromatic heterocycles. The van der Waals surface area contributed by atoms with Crippen LogP contribution >= 0.6 is 0 Å². The first-order valence-corrected chi connectivity index (χ1v) is 6.71. The first kappa shape index (κ1) is 13.1. The van der Waals surface area contributed by atoms with Crippen LogP contribution in [0.4, 0.5) is 0 Å². The van der Waals surface area contributed by atoms with Gasteiger partial charge in [0.05, 0.1) is 0 Å². The van der Waals surface area contributed by atoms with Gasteiger partial charge >= 0.3 is 0 Å². The minimum absolute atomic E-state index is 0.351. The van der Waals surface area contributed by atoms with Crippen molar-refractivity contribution in [1.82, 2.24) is 4.90 Å². The van der Waals surface area contributed by atoms with Crippen LogP contribution < -0.4 is 5.73 Å². The number of rotatable bonds is 3. The Labute approximate surface area is 109 Å². The number of carbonyl (C=O) groups excluding carboxylic acids is 1. The third-order valence-corrected chi connectivity index (χ3v) is 3.93. The Hall–Kier alpha value is -1.35. The first-order valence-electron chi connectivity index (χ1n) is 6.71. The average molecular weight is 246 g/mol. The lowest BCUT2D eigenvalue weighted by Gasteiger charge is -2.34. The minimum Gasteiger partial charge on any atom is -0.366 e. The molecule has 1 amide bonds. The molecule has 1 aromatic carbocycles. The van der Waals surface area contributed by atoms with Gasteiger partial charge in [-0.15, -0.1) is 0 Å². The molecule has 18 heavy (non-hydrogen) atoms. The molecule has 3 nitrogen and oxygen atoms in total. The van der Waals surface area contributed by atoms with Crippen molar-refractivity contribution < 1.29 is 4.79 Å². The van der Waals surface area contributed by atoms with Gasteiger partial charge in [-0.2, -0.15) is 0 Å². The first-order chi connectivity index (χ1) is 8.58. The van der Waals surface area contributed by atoms with Crippen LogP contribution in [-0.2, 0) is 0 Å². The molecular formula is C15H22N2O. The summed E-state index contributed by atoms with van der Waals surface area (Å²) in [5.74, 6) is 0.276. The Morgan fingerprint density at radius 1 is 1.22 bits per heavy atom. The minimum atomic E-state index is -0.351. The number of carbonyl (C=O) groups is 1. The van der Waals surface area contributed by atoms with Crippen molar-refractivity contribution in [3.63, 3.8) is 0 Å².